The van der Waals surface area contributed by atoms with Gasteiger partial charge in [0.1, 0.15) is 0 Å². The number of amides is 1. The van der Waals surface area contributed by atoms with Gasteiger partial charge in [0.25, 0.3) is 0 Å². The molecule has 1 atom stereocenters. The molecule has 22 heavy (non-hydrogen) atoms. The van der Waals surface area contributed by atoms with Gasteiger partial charge < -0.3 is 10.4 Å². The summed E-state index contributed by atoms with van der Waals surface area (Å²) in [4.78, 5) is 24.8. The van der Waals surface area contributed by atoms with Crippen LogP contribution in [0.25, 0.3) is 0 Å². The average Bonchev–Trinajstić information content (AvgIpc) is 2.97. The van der Waals surface area contributed by atoms with E-state index in [1.807, 2.05) is 0 Å². The third kappa shape index (κ3) is 3.04. The molecule has 1 heterocycles. The van der Waals surface area contributed by atoms with E-state index in [2.05, 4.69) is 16.8 Å². The van der Waals surface area contributed by atoms with Crippen LogP contribution in [-0.4, -0.2) is 17.0 Å². The maximum atomic E-state index is 12.3. The second kappa shape index (κ2) is 6.32. The van der Waals surface area contributed by atoms with E-state index in [9.17, 15) is 14.7 Å². The number of carboxylic acid groups (broad SMARTS) is 1. The average molecular weight is 315 g/mol. The van der Waals surface area contributed by atoms with Crippen LogP contribution in [0.2, 0.25) is 0 Å². The van der Waals surface area contributed by atoms with Gasteiger partial charge in [-0.15, -0.1) is 11.3 Å². The Balaban J connectivity index is 1.71. The minimum atomic E-state index is -0.999. The molecule has 0 saturated heterocycles. The van der Waals surface area contributed by atoms with Crippen LogP contribution >= 0.6 is 11.3 Å². The number of aryl methyl sites for hydroxylation is 1. The molecule has 0 aliphatic heterocycles. The zero-order valence-electron chi connectivity index (χ0n) is 12.0. The molecule has 3 rings (SSSR count). The SMILES string of the molecule is O=C(Cc1ccccc1C(=O)O)NC1CCCc2sccc21. The topological polar surface area (TPSA) is 66.4 Å². The zero-order valence-corrected chi connectivity index (χ0v) is 12.9. The van der Waals surface area contributed by atoms with Gasteiger partial charge in [0, 0.05) is 4.88 Å². The summed E-state index contributed by atoms with van der Waals surface area (Å²) in [6.45, 7) is 0. The van der Waals surface area contributed by atoms with Gasteiger partial charge in [-0.3, -0.25) is 4.79 Å². The molecule has 2 N–H and O–H groups in total. The number of hydrogen-bond donors (Lipinski definition) is 2. The fourth-order valence-electron chi connectivity index (χ4n) is 2.94. The molecule has 1 aliphatic carbocycles. The minimum Gasteiger partial charge on any atom is -0.478 e. The summed E-state index contributed by atoms with van der Waals surface area (Å²) in [5.74, 6) is -1.13. The summed E-state index contributed by atoms with van der Waals surface area (Å²) in [6.07, 6.45) is 3.19. The van der Waals surface area contributed by atoms with Crippen molar-refractivity contribution >= 4 is 23.2 Å². The van der Waals surface area contributed by atoms with Crippen molar-refractivity contribution in [3.05, 3.63) is 57.3 Å². The number of carboxylic acids is 1. The molecular formula is C17H17NO3S. The molecule has 2 aromatic rings. The van der Waals surface area contributed by atoms with Crippen molar-refractivity contribution < 1.29 is 14.7 Å². The lowest BCUT2D eigenvalue weighted by molar-refractivity contribution is -0.121. The largest absolute Gasteiger partial charge is 0.478 e. The van der Waals surface area contributed by atoms with Crippen LogP contribution in [0.15, 0.2) is 35.7 Å². The number of rotatable bonds is 4. The van der Waals surface area contributed by atoms with Crippen molar-refractivity contribution in [3.63, 3.8) is 0 Å². The Morgan fingerprint density at radius 3 is 2.91 bits per heavy atom. The quantitative estimate of drug-likeness (QED) is 0.910. The summed E-state index contributed by atoms with van der Waals surface area (Å²) in [5.41, 5.74) is 1.96. The van der Waals surface area contributed by atoms with Crippen LogP contribution in [0.3, 0.4) is 0 Å². The molecule has 4 nitrogen and oxygen atoms in total. The van der Waals surface area contributed by atoms with Crippen molar-refractivity contribution in [3.8, 4) is 0 Å². The summed E-state index contributed by atoms with van der Waals surface area (Å²) in [5, 5.41) is 14.3. The monoisotopic (exact) mass is 315 g/mol. The normalized spacial score (nSPS) is 16.8. The lowest BCUT2D eigenvalue weighted by Gasteiger charge is -2.23. The highest BCUT2D eigenvalue weighted by Crippen LogP contribution is 2.33. The predicted octanol–water partition coefficient (Wildman–Crippen LogP) is 3.18. The minimum absolute atomic E-state index is 0.0551. The summed E-state index contributed by atoms with van der Waals surface area (Å²) >= 11 is 1.74. The number of carbonyl (C=O) groups is 2. The van der Waals surface area contributed by atoms with Crippen LogP contribution < -0.4 is 5.32 Å². The Morgan fingerprint density at radius 1 is 1.27 bits per heavy atom. The number of thiophene rings is 1. The number of aromatic carboxylic acids is 1. The van der Waals surface area contributed by atoms with Crippen LogP contribution in [0.1, 0.15) is 45.2 Å². The molecule has 0 bridgehead atoms. The van der Waals surface area contributed by atoms with Crippen molar-refractivity contribution in [1.29, 1.82) is 0 Å². The molecule has 5 heteroatoms. The first-order chi connectivity index (χ1) is 10.6. The molecule has 1 amide bonds. The van der Waals surface area contributed by atoms with Crippen molar-refractivity contribution in [2.45, 2.75) is 31.7 Å². The maximum Gasteiger partial charge on any atom is 0.335 e. The molecule has 0 fully saturated rings. The Bertz CT molecular complexity index is 707. The zero-order chi connectivity index (χ0) is 15.5. The Hall–Kier alpha value is -2.14. The lowest BCUT2D eigenvalue weighted by Crippen LogP contribution is -2.31. The molecule has 0 radical (unpaired) electrons. The van der Waals surface area contributed by atoms with Crippen LogP contribution in [0.4, 0.5) is 0 Å². The number of fused-ring (bicyclic) bond motifs is 1. The van der Waals surface area contributed by atoms with E-state index in [0.717, 1.165) is 19.3 Å². The standard InChI is InChI=1S/C17H17NO3S/c19-16(10-11-4-1-2-5-12(11)17(20)21)18-14-6-3-7-15-13(14)8-9-22-15/h1-2,4-5,8-9,14H,3,6-7,10H2,(H,18,19)(H,20,21). The van der Waals surface area contributed by atoms with Crippen LogP contribution in [0, 0.1) is 0 Å². The smallest absolute Gasteiger partial charge is 0.335 e. The van der Waals surface area contributed by atoms with Gasteiger partial charge in [-0.25, -0.2) is 4.79 Å². The van der Waals surface area contributed by atoms with Gasteiger partial charge in [0.2, 0.25) is 5.91 Å². The van der Waals surface area contributed by atoms with E-state index < -0.39 is 5.97 Å². The summed E-state index contributed by atoms with van der Waals surface area (Å²) in [6, 6.07) is 8.79. The van der Waals surface area contributed by atoms with Crippen LogP contribution in [0.5, 0.6) is 0 Å². The third-order valence-electron chi connectivity index (χ3n) is 3.99. The molecular weight excluding hydrogens is 298 g/mol. The van der Waals surface area contributed by atoms with E-state index in [4.69, 9.17) is 0 Å². The van der Waals surface area contributed by atoms with E-state index in [1.165, 1.54) is 16.5 Å². The second-order valence-corrected chi connectivity index (χ2v) is 6.45. The van der Waals surface area contributed by atoms with Crippen molar-refractivity contribution in [2.75, 3.05) is 0 Å². The molecule has 0 saturated carbocycles. The number of hydrogen-bond acceptors (Lipinski definition) is 3. The Kier molecular flexibility index (Phi) is 4.24. The van der Waals surface area contributed by atoms with Crippen molar-refractivity contribution in [2.24, 2.45) is 0 Å². The molecule has 1 aromatic heterocycles. The first kappa shape index (κ1) is 14.8. The highest BCUT2D eigenvalue weighted by molar-refractivity contribution is 7.10. The number of benzene rings is 1. The number of carbonyl (C=O) groups excluding carboxylic acids is 1. The Morgan fingerprint density at radius 2 is 2.09 bits per heavy atom. The lowest BCUT2D eigenvalue weighted by atomic mass is 9.93. The molecule has 1 aromatic carbocycles. The second-order valence-electron chi connectivity index (χ2n) is 5.45. The fraction of sp³-hybridized carbons (Fsp3) is 0.294. The third-order valence-corrected chi connectivity index (χ3v) is 4.98. The molecule has 0 spiro atoms. The summed E-state index contributed by atoms with van der Waals surface area (Å²) < 4.78 is 0. The van der Waals surface area contributed by atoms with E-state index >= 15 is 0 Å². The van der Waals surface area contributed by atoms with Crippen molar-refractivity contribution in [1.82, 2.24) is 5.32 Å². The van der Waals surface area contributed by atoms with E-state index in [-0.39, 0.29) is 23.9 Å². The fourth-order valence-corrected chi connectivity index (χ4v) is 3.93. The number of nitrogens with one attached hydrogen (secondary N) is 1. The van der Waals surface area contributed by atoms with E-state index in [0.29, 0.717) is 5.56 Å². The van der Waals surface area contributed by atoms with Gasteiger partial charge in [-0.2, -0.15) is 0 Å². The van der Waals surface area contributed by atoms with Gasteiger partial charge in [-0.05, 0) is 47.9 Å². The maximum absolute atomic E-state index is 12.3. The first-order valence-electron chi connectivity index (χ1n) is 7.32. The Labute approximate surface area is 132 Å². The summed E-state index contributed by atoms with van der Waals surface area (Å²) in [7, 11) is 0. The van der Waals surface area contributed by atoms with Gasteiger partial charge in [0.15, 0.2) is 0 Å². The van der Waals surface area contributed by atoms with Crippen LogP contribution in [-0.2, 0) is 17.6 Å². The highest BCUT2D eigenvalue weighted by Gasteiger charge is 2.23. The van der Waals surface area contributed by atoms with Gasteiger partial charge >= 0.3 is 5.97 Å². The highest BCUT2D eigenvalue weighted by atomic mass is 32.1. The first-order valence-corrected chi connectivity index (χ1v) is 8.20. The van der Waals surface area contributed by atoms with Gasteiger partial charge in [-0.1, -0.05) is 18.2 Å². The molecule has 114 valence electrons. The van der Waals surface area contributed by atoms with E-state index in [1.54, 1.807) is 29.5 Å². The molecule has 1 unspecified atom stereocenters. The van der Waals surface area contributed by atoms with Gasteiger partial charge in [0.05, 0.1) is 18.0 Å². The molecule has 1 aliphatic rings. The predicted molar refractivity (Wildman–Crippen MR) is 85.2 cm³/mol.